The molecule has 2 N–H and O–H groups in total. The number of nitrogens with zero attached hydrogens (tertiary/aromatic N) is 25. The van der Waals surface area contributed by atoms with Crippen LogP contribution in [0.15, 0.2) is 196 Å². The van der Waals surface area contributed by atoms with Crippen LogP contribution < -0.4 is 0 Å². The first-order chi connectivity index (χ1) is 69.6. The summed E-state index contributed by atoms with van der Waals surface area (Å²) in [4.78, 5) is 162. The molecule has 4 aliphatic rings. The number of hydrogen-bond donors (Lipinski definition) is 2. The maximum Gasteiger partial charge on any atom is 0.275 e. The molecular formula is C109H122F4N26O9. The smallest absolute Gasteiger partial charge is 0.275 e. The zero-order valence-electron chi connectivity index (χ0n) is 86.9. The second-order valence-electron chi connectivity index (χ2n) is 44.1. The number of fused-ring (bicyclic) bond motifs is 4. The molecule has 1 atom stereocenters. The van der Waals surface area contributed by atoms with Crippen LogP contribution in [-0.4, -0.2) is 287 Å². The summed E-state index contributed by atoms with van der Waals surface area (Å²) >= 11 is 0. The van der Waals surface area contributed by atoms with Crippen LogP contribution in [0.1, 0.15) is 241 Å². The first kappa shape index (κ1) is 105. The molecule has 1 unspecified atom stereocenters. The van der Waals surface area contributed by atoms with Gasteiger partial charge >= 0.3 is 0 Å². The predicted molar refractivity (Wildman–Crippen MR) is 547 cm³/mol. The molecule has 39 heteroatoms. The molecule has 11 aromatic heterocycles. The number of aromatic nitrogens is 18. The molecule has 0 aliphatic carbocycles. The Hall–Kier alpha value is -15.8. The topological polar surface area (TPSA) is 384 Å². The monoisotopic (exact) mass is 2010 g/mol. The third-order valence-electron chi connectivity index (χ3n) is 27.1. The highest BCUT2D eigenvalue weighted by atomic mass is 19.1. The molecule has 148 heavy (non-hydrogen) atoms. The minimum Gasteiger partial charge on any atom is -0.394 e. The highest BCUT2D eigenvalue weighted by Gasteiger charge is 2.48. The third-order valence-corrected chi connectivity index (χ3v) is 27.1. The molecule has 15 heterocycles. The Morgan fingerprint density at radius 1 is 0.372 bits per heavy atom. The highest BCUT2D eigenvalue weighted by molar-refractivity contribution is 6.01. The summed E-state index contributed by atoms with van der Waals surface area (Å²) < 4.78 is 60.4. The number of nitrogens with one attached hydrogen (secondary N) is 1. The van der Waals surface area contributed by atoms with Crippen LogP contribution in [0, 0.1) is 23.3 Å². The van der Waals surface area contributed by atoms with Gasteiger partial charge in [0.1, 0.15) is 75.6 Å². The first-order valence-electron chi connectivity index (χ1n) is 48.9. The van der Waals surface area contributed by atoms with Crippen LogP contribution >= 0.6 is 0 Å². The van der Waals surface area contributed by atoms with E-state index < -0.39 is 22.2 Å². The van der Waals surface area contributed by atoms with Crippen molar-refractivity contribution in [3.8, 4) is 45.0 Å². The van der Waals surface area contributed by atoms with Crippen molar-refractivity contribution in [3.05, 3.63) is 281 Å². The maximum absolute atomic E-state index is 13.7. The summed E-state index contributed by atoms with van der Waals surface area (Å²) in [6, 6.07) is 33.7. The lowest BCUT2D eigenvalue weighted by Gasteiger charge is -2.47. The molecule has 4 fully saturated rings. The number of H-pyrrole nitrogens is 1. The quantitative estimate of drug-likeness (QED) is 0.101. The minimum absolute atomic E-state index is 0.139. The first-order valence-corrected chi connectivity index (χ1v) is 48.9. The molecule has 4 aliphatic heterocycles. The van der Waals surface area contributed by atoms with Crippen LogP contribution in [-0.2, 0) is 26.5 Å². The zero-order valence-corrected chi connectivity index (χ0v) is 86.9. The van der Waals surface area contributed by atoms with Gasteiger partial charge in [-0.2, -0.15) is 20.4 Å². The van der Waals surface area contributed by atoms with E-state index >= 15 is 0 Å². The van der Waals surface area contributed by atoms with Gasteiger partial charge in [-0.25, -0.2) is 80.5 Å². The summed E-state index contributed by atoms with van der Waals surface area (Å²) in [5.41, 5.74) is 9.84. The lowest BCUT2D eigenvalue weighted by atomic mass is 9.87. The minimum atomic E-state index is -1.09. The van der Waals surface area contributed by atoms with E-state index in [0.717, 1.165) is 44.5 Å². The lowest BCUT2D eigenvalue weighted by molar-refractivity contribution is -0.149. The van der Waals surface area contributed by atoms with Gasteiger partial charge in [-0.1, -0.05) is 83.1 Å². The van der Waals surface area contributed by atoms with Gasteiger partial charge in [0.25, 0.3) is 41.4 Å². The molecule has 0 spiro atoms. The number of carbonyl (C=O) groups excluding carboxylic acids is 8. The molecule has 770 valence electrons. The maximum atomic E-state index is 13.7. The van der Waals surface area contributed by atoms with Gasteiger partial charge < -0.3 is 49.3 Å². The number of piperazine rings is 4. The Balaban J connectivity index is 0.000000141. The van der Waals surface area contributed by atoms with Gasteiger partial charge in [0.2, 0.25) is 5.91 Å². The van der Waals surface area contributed by atoms with E-state index in [1.165, 1.54) is 97.2 Å². The van der Waals surface area contributed by atoms with Crippen molar-refractivity contribution in [2.24, 2.45) is 0 Å². The standard InChI is InChI=1S/2C28H30FN7O2.C27H30FN7O2.C26H32FN5O3/c1-27(2,3)21-12-22(18-6-8-20(29)9-7-18)33-36-15-23(32-24(21)36)26(38)35-11-10-34(16-28(35,4)5)25(37)19-13-30-17-31-14-19;1-27(2,3)20-14-22(18-6-8-19(29)9-7-18)33-36-15-23(32-24(20)36)26(38)35-13-12-34(16-28(35,4)5)25(37)21-10-11-30-17-31-21;1-26(2,3)19-12-20(17-6-8-18(28)9-7-17)32-35-14-22(31-23(19)35)25(37)34-11-10-33(15-27(34,4)5)24(36)21-13-29-16-30-21;1-16(15-33)30-11-12-31(26(5,6)24(30)35)23(34)21-14-32-22(28-21)19(25(2,3)4)13-20(29-32)17-7-9-18(27)10-8-17/h6-9,12-15,17H,10-11,16H2,1-5H3;6-11,14-15,17H,12-13,16H2,1-5H3;6-9,12-14,16H,10-11,15H2,1-5H3,(H,29,30);7-10,13-14,16,33H,11-12,15H2,1-6H3. The SMILES string of the molecule is CC(C)(C)c1cc(-c2ccc(F)cc2)nn2cc(C(=O)N3CCN(C(=O)c4ccncn4)CC3(C)C)nc12.CC(C)(C)c1cc(-c2ccc(F)cc2)nn2cc(C(=O)N3CCN(C(=O)c4cnc[nH]4)CC3(C)C)nc12.CC(C)(C)c1cc(-c2ccc(F)cc2)nn2cc(C(=O)N3CCN(C(=O)c4cncnc4)CC3(C)C)nc12.CC(CO)N1CCN(C(=O)c2cn3nc(-c4ccc(F)cc4)cc(C(C)(C)C)c3n2)C(C)(C)C1=O. The summed E-state index contributed by atoms with van der Waals surface area (Å²) in [6.45, 7) is 45.6. The number of benzene rings is 4. The summed E-state index contributed by atoms with van der Waals surface area (Å²) in [5.74, 6) is -2.99. The van der Waals surface area contributed by atoms with E-state index in [2.05, 4.69) is 123 Å². The average molecular weight is 2020 g/mol. The average Bonchev–Trinajstić information content (AvgIpc) is 1.61. The van der Waals surface area contributed by atoms with E-state index in [-0.39, 0.29) is 128 Å². The van der Waals surface area contributed by atoms with E-state index in [4.69, 9.17) is 30.2 Å². The van der Waals surface area contributed by atoms with E-state index in [0.29, 0.717) is 134 Å². The molecule has 0 saturated carbocycles. The number of carbonyl (C=O) groups is 8. The fourth-order valence-corrected chi connectivity index (χ4v) is 18.9. The fourth-order valence-electron chi connectivity index (χ4n) is 18.9. The van der Waals surface area contributed by atoms with Crippen molar-refractivity contribution in [1.29, 1.82) is 0 Å². The van der Waals surface area contributed by atoms with Crippen LogP contribution in [0.3, 0.4) is 0 Å². The van der Waals surface area contributed by atoms with Crippen molar-refractivity contribution in [1.82, 2.24) is 127 Å². The molecule has 35 nitrogen and oxygen atoms in total. The number of rotatable bonds is 13. The van der Waals surface area contributed by atoms with E-state index in [1.54, 1.807) is 153 Å². The molecule has 19 rings (SSSR count). The number of aliphatic hydroxyl groups is 1. The number of halogens is 4. The van der Waals surface area contributed by atoms with Crippen molar-refractivity contribution in [2.75, 3.05) is 78.6 Å². The van der Waals surface area contributed by atoms with Crippen molar-refractivity contribution < 1.29 is 61.0 Å². The lowest BCUT2D eigenvalue weighted by Crippen LogP contribution is -2.66. The zero-order chi connectivity index (χ0) is 107. The van der Waals surface area contributed by atoms with Gasteiger partial charge in [-0.05, 0) is 211 Å². The number of aliphatic hydroxyl groups excluding tert-OH is 1. The Kier molecular flexibility index (Phi) is 28.8. The van der Waals surface area contributed by atoms with Gasteiger partial charge in [0, 0.05) is 135 Å². The second-order valence-corrected chi connectivity index (χ2v) is 44.1. The molecule has 15 aromatic rings. The van der Waals surface area contributed by atoms with Crippen molar-refractivity contribution in [2.45, 2.75) is 195 Å². The Labute approximate surface area is 853 Å². The molecule has 4 aromatic carbocycles. The summed E-state index contributed by atoms with van der Waals surface area (Å²) in [6.07, 6.45) is 16.8. The van der Waals surface area contributed by atoms with Gasteiger partial charge in [-0.3, -0.25) is 38.4 Å². The molecule has 8 amide bonds. The molecule has 0 radical (unpaired) electrons. The predicted octanol–water partition coefficient (Wildman–Crippen LogP) is 15.2. The number of imidazole rings is 5. The van der Waals surface area contributed by atoms with Crippen LogP contribution in [0.5, 0.6) is 0 Å². The second kappa shape index (κ2) is 40.5. The van der Waals surface area contributed by atoms with Gasteiger partial charge in [0.05, 0.1) is 94.9 Å². The van der Waals surface area contributed by atoms with E-state index in [9.17, 15) is 61.0 Å². The van der Waals surface area contributed by atoms with Crippen molar-refractivity contribution >= 4 is 69.8 Å². The van der Waals surface area contributed by atoms with Gasteiger partial charge in [-0.15, -0.1) is 0 Å². The number of hydrogen-bond acceptors (Lipinski definition) is 22. The van der Waals surface area contributed by atoms with E-state index in [1.807, 2.05) is 65.8 Å². The third kappa shape index (κ3) is 22.0. The normalized spacial score (nSPS) is 16.1. The highest BCUT2D eigenvalue weighted by Crippen LogP contribution is 2.39. The molecule has 4 saturated heterocycles. The Bertz CT molecular complexity index is 7300. The number of amides is 8. The molecule has 0 bridgehead atoms. The van der Waals surface area contributed by atoms with Gasteiger partial charge in [0.15, 0.2) is 22.6 Å². The van der Waals surface area contributed by atoms with Crippen LogP contribution in [0.25, 0.3) is 67.6 Å². The largest absolute Gasteiger partial charge is 0.394 e. The number of aromatic amines is 1. The van der Waals surface area contributed by atoms with Crippen molar-refractivity contribution in [3.63, 3.8) is 0 Å². The summed E-state index contributed by atoms with van der Waals surface area (Å²) in [5, 5.41) is 28.3. The fraction of sp³-hybridized carbons (Fsp3) is 0.385. The Morgan fingerprint density at radius 2 is 0.682 bits per heavy atom. The summed E-state index contributed by atoms with van der Waals surface area (Å²) in [7, 11) is 0. The Morgan fingerprint density at radius 3 is 0.973 bits per heavy atom. The van der Waals surface area contributed by atoms with Crippen LogP contribution in [0.4, 0.5) is 17.6 Å². The molecular weight excluding hydrogens is 1890 g/mol. The van der Waals surface area contributed by atoms with Crippen LogP contribution in [0.2, 0.25) is 0 Å².